The van der Waals surface area contributed by atoms with Crippen molar-refractivity contribution in [2.24, 2.45) is 0 Å². The number of imidazole rings is 1. The lowest BCUT2D eigenvalue weighted by Crippen LogP contribution is -2.17. The molecule has 10 aromatic rings. The second-order valence-corrected chi connectivity index (χ2v) is 17.9. The van der Waals surface area contributed by atoms with Crippen LogP contribution in [0.15, 0.2) is 212 Å². The monoisotopic (exact) mass is 821 g/mol. The average Bonchev–Trinajstić information content (AvgIpc) is 3.84. The summed E-state index contributed by atoms with van der Waals surface area (Å²) in [5.74, 6) is 0.920. The van der Waals surface area contributed by atoms with Crippen LogP contribution in [0, 0.1) is 6.92 Å². The number of fused-ring (bicyclic) bond motifs is 5. The fourth-order valence-corrected chi connectivity index (χ4v) is 10.8. The van der Waals surface area contributed by atoms with E-state index in [4.69, 9.17) is 4.98 Å². The number of hydrogen-bond donors (Lipinski definition) is 0. The molecule has 306 valence electrons. The molecule has 0 amide bonds. The van der Waals surface area contributed by atoms with Crippen LogP contribution in [0.25, 0.3) is 77.5 Å². The lowest BCUT2D eigenvalue weighted by molar-refractivity contribution is 0.607. The minimum absolute atomic E-state index is 0.00284. The van der Waals surface area contributed by atoms with Gasteiger partial charge in [-0.2, -0.15) is 0 Å². The number of aryl methyl sites for hydroxylation is 1. The third kappa shape index (κ3) is 5.99. The number of anilines is 3. The zero-order valence-electron chi connectivity index (χ0n) is 36.4. The predicted octanol–water partition coefficient (Wildman–Crippen LogP) is 16.5. The van der Waals surface area contributed by atoms with Gasteiger partial charge in [-0.25, -0.2) is 4.98 Å². The average molecular weight is 822 g/mol. The normalized spacial score (nSPS) is 14.0. The first-order chi connectivity index (χ1) is 31.4. The van der Waals surface area contributed by atoms with E-state index in [1.54, 1.807) is 5.57 Å². The molecular formula is C61H47N3. The number of nitrogens with zero attached hydrogens (tertiary/aromatic N) is 3. The third-order valence-electron chi connectivity index (χ3n) is 13.9. The molecule has 0 saturated heterocycles. The van der Waals surface area contributed by atoms with Gasteiger partial charge in [0.2, 0.25) is 0 Å². The summed E-state index contributed by atoms with van der Waals surface area (Å²) in [5, 5.41) is 4.78. The highest BCUT2D eigenvalue weighted by Gasteiger charge is 2.37. The summed E-state index contributed by atoms with van der Waals surface area (Å²) in [6.07, 6.45) is 6.95. The van der Waals surface area contributed by atoms with E-state index in [1.807, 2.05) is 0 Å². The molecule has 2 aliphatic rings. The van der Waals surface area contributed by atoms with E-state index in [9.17, 15) is 0 Å². The smallest absolute Gasteiger partial charge is 0.146 e. The quantitative estimate of drug-likeness (QED) is 0.160. The number of benzene rings is 9. The first-order valence-electron chi connectivity index (χ1n) is 22.5. The Labute approximate surface area is 374 Å². The van der Waals surface area contributed by atoms with E-state index in [2.05, 4.69) is 237 Å². The van der Waals surface area contributed by atoms with Crippen LogP contribution in [0.5, 0.6) is 0 Å². The zero-order valence-corrected chi connectivity index (χ0v) is 36.4. The van der Waals surface area contributed by atoms with Crippen molar-refractivity contribution in [1.29, 1.82) is 0 Å². The molecule has 0 atom stereocenters. The molecule has 64 heavy (non-hydrogen) atoms. The lowest BCUT2D eigenvalue weighted by atomic mass is 9.78. The Hall–Kier alpha value is -7.75. The Bertz CT molecular complexity index is 3520. The largest absolute Gasteiger partial charge is 0.309 e. The van der Waals surface area contributed by atoms with Crippen molar-refractivity contribution in [2.45, 2.75) is 39.0 Å². The van der Waals surface area contributed by atoms with E-state index in [0.29, 0.717) is 0 Å². The maximum Gasteiger partial charge on any atom is 0.146 e. The van der Waals surface area contributed by atoms with Crippen LogP contribution in [-0.4, -0.2) is 9.55 Å². The first kappa shape index (κ1) is 38.0. The van der Waals surface area contributed by atoms with Gasteiger partial charge in [-0.1, -0.05) is 165 Å². The van der Waals surface area contributed by atoms with Crippen LogP contribution in [0.1, 0.15) is 43.4 Å². The molecule has 9 aromatic carbocycles. The standard InChI is InChI=1S/C61H47N3/c1-40-17-16-25-52-57(37-35-46(59(40)52)43-31-34-49-48-23-12-13-26-53(48)61(2,3)54(49)39-43)63(45-32-29-42(30-33-45)41-18-6-4-7-19-41)56-38-36-51(47-22-10-11-24-50(47)56)60-62-55-27-14-15-28-58(55)64(60)44-20-8-5-9-21-44/h4-12,14-25,27-39H,13,26H2,1-3H3. The topological polar surface area (TPSA) is 21.1 Å². The van der Waals surface area contributed by atoms with Gasteiger partial charge in [-0.05, 0) is 136 Å². The Morgan fingerprint density at radius 2 is 1.19 bits per heavy atom. The van der Waals surface area contributed by atoms with Crippen LogP contribution in [-0.2, 0) is 5.41 Å². The number of para-hydroxylation sites is 3. The molecule has 1 heterocycles. The van der Waals surface area contributed by atoms with Crippen LogP contribution in [0.2, 0.25) is 0 Å². The Kier molecular flexibility index (Phi) is 8.88. The Balaban J connectivity index is 1.07. The highest BCUT2D eigenvalue weighted by atomic mass is 15.1. The molecule has 12 rings (SSSR count). The van der Waals surface area contributed by atoms with Crippen molar-refractivity contribution in [3.63, 3.8) is 0 Å². The first-order valence-corrected chi connectivity index (χ1v) is 22.5. The molecule has 0 fully saturated rings. The highest BCUT2D eigenvalue weighted by molar-refractivity contribution is 6.12. The van der Waals surface area contributed by atoms with E-state index < -0.39 is 0 Å². The maximum atomic E-state index is 5.32. The van der Waals surface area contributed by atoms with Gasteiger partial charge in [0.1, 0.15) is 5.82 Å². The van der Waals surface area contributed by atoms with Crippen LogP contribution in [0.4, 0.5) is 17.1 Å². The lowest BCUT2D eigenvalue weighted by Gasteiger charge is -2.30. The van der Waals surface area contributed by atoms with Crippen LogP contribution >= 0.6 is 0 Å². The SMILES string of the molecule is Cc1cccc2c(N(c3ccc(-c4ccccc4)cc3)c3ccc(-c4nc5ccccc5n4-c4ccccc4)c4ccccc34)ccc(-c3ccc4c(c3)C(C)(C)C3=C4C=CCC3)c12. The summed E-state index contributed by atoms with van der Waals surface area (Å²) >= 11 is 0. The van der Waals surface area contributed by atoms with Gasteiger partial charge in [0.15, 0.2) is 0 Å². The van der Waals surface area contributed by atoms with Gasteiger partial charge in [-0.3, -0.25) is 4.57 Å². The van der Waals surface area contributed by atoms with Crippen molar-refractivity contribution in [3.8, 4) is 39.3 Å². The number of hydrogen-bond acceptors (Lipinski definition) is 2. The van der Waals surface area contributed by atoms with E-state index >= 15 is 0 Å². The number of aromatic nitrogens is 2. The fraction of sp³-hybridized carbons (Fsp3) is 0.0984. The summed E-state index contributed by atoms with van der Waals surface area (Å²) in [5.41, 5.74) is 19.5. The third-order valence-corrected chi connectivity index (χ3v) is 13.9. The van der Waals surface area contributed by atoms with Crippen LogP contribution in [0.3, 0.4) is 0 Å². The molecule has 0 aliphatic heterocycles. The summed E-state index contributed by atoms with van der Waals surface area (Å²) in [6, 6.07) is 70.9. The summed E-state index contributed by atoms with van der Waals surface area (Å²) < 4.78 is 2.30. The molecule has 0 bridgehead atoms. The van der Waals surface area contributed by atoms with Gasteiger partial charge in [0, 0.05) is 33.1 Å². The van der Waals surface area contributed by atoms with Crippen LogP contribution < -0.4 is 4.90 Å². The van der Waals surface area contributed by atoms with Crippen molar-refractivity contribution in [1.82, 2.24) is 9.55 Å². The summed E-state index contributed by atoms with van der Waals surface area (Å²) in [6.45, 7) is 7.09. The molecule has 1 aromatic heterocycles. The van der Waals surface area contributed by atoms with Crippen molar-refractivity contribution >= 4 is 55.2 Å². The molecule has 3 heteroatoms. The van der Waals surface area contributed by atoms with Gasteiger partial charge < -0.3 is 4.90 Å². The van der Waals surface area contributed by atoms with E-state index in [0.717, 1.165) is 68.8 Å². The maximum absolute atomic E-state index is 5.32. The molecular weight excluding hydrogens is 775 g/mol. The Morgan fingerprint density at radius 1 is 0.547 bits per heavy atom. The number of rotatable bonds is 7. The Morgan fingerprint density at radius 3 is 2.00 bits per heavy atom. The summed E-state index contributed by atoms with van der Waals surface area (Å²) in [4.78, 5) is 7.80. The summed E-state index contributed by atoms with van der Waals surface area (Å²) in [7, 11) is 0. The fourth-order valence-electron chi connectivity index (χ4n) is 10.8. The predicted molar refractivity (Wildman–Crippen MR) is 270 cm³/mol. The van der Waals surface area contributed by atoms with Gasteiger partial charge >= 0.3 is 0 Å². The minimum atomic E-state index is -0.00284. The van der Waals surface area contributed by atoms with Gasteiger partial charge in [0.05, 0.1) is 22.4 Å². The second kappa shape index (κ2) is 15.0. The minimum Gasteiger partial charge on any atom is -0.309 e. The van der Waals surface area contributed by atoms with E-state index in [1.165, 1.54) is 55.3 Å². The molecule has 0 saturated carbocycles. The molecule has 0 radical (unpaired) electrons. The number of allylic oxidation sites excluding steroid dienone is 4. The zero-order chi connectivity index (χ0) is 42.9. The highest BCUT2D eigenvalue weighted by Crippen LogP contribution is 2.52. The van der Waals surface area contributed by atoms with Gasteiger partial charge in [0.25, 0.3) is 0 Å². The van der Waals surface area contributed by atoms with Crippen molar-refractivity contribution in [2.75, 3.05) is 4.90 Å². The molecule has 2 aliphatic carbocycles. The second-order valence-electron chi connectivity index (χ2n) is 17.9. The van der Waals surface area contributed by atoms with Crippen molar-refractivity contribution < 1.29 is 0 Å². The van der Waals surface area contributed by atoms with E-state index in [-0.39, 0.29) is 5.41 Å². The molecule has 3 nitrogen and oxygen atoms in total. The van der Waals surface area contributed by atoms with Gasteiger partial charge in [-0.15, -0.1) is 0 Å². The molecule has 0 unspecified atom stereocenters. The molecule has 0 N–H and O–H groups in total. The van der Waals surface area contributed by atoms with Crippen molar-refractivity contribution in [3.05, 3.63) is 229 Å². The molecule has 0 spiro atoms.